The van der Waals surface area contributed by atoms with E-state index < -0.39 is 4.84 Å². The fraction of sp³-hybridized carbons (Fsp3) is 0.727. The second-order valence-electron chi connectivity index (χ2n) is 4.48. The molecule has 0 aromatic heterocycles. The number of carbonyl (C=O) groups is 1. The minimum absolute atomic E-state index is 0. The largest absolute Gasteiger partial charge is 0.508 e. The second kappa shape index (κ2) is 7.56. The molecule has 0 spiro atoms. The van der Waals surface area contributed by atoms with Gasteiger partial charge in [0.2, 0.25) is 5.91 Å². The maximum atomic E-state index is 11.9. The Kier molecular flexibility index (Phi) is 9.21. The molecule has 0 rings (SSSR count). The van der Waals surface area contributed by atoms with Gasteiger partial charge in [0, 0.05) is 32.7 Å². The van der Waals surface area contributed by atoms with Crippen molar-refractivity contribution in [2.24, 2.45) is 0 Å². The minimum atomic E-state index is -1.02. The molecule has 0 atom stereocenters. The van der Waals surface area contributed by atoms with E-state index in [1.54, 1.807) is 4.90 Å². The number of halogens is 2. The Hall–Kier alpha value is 1.15. The van der Waals surface area contributed by atoms with Crippen LogP contribution in [0.1, 0.15) is 41.5 Å². The molecular weight excluding hydrogens is 322 g/mol. The topological polar surface area (TPSA) is 20.3 Å². The predicted octanol–water partition coefficient (Wildman–Crippen LogP) is 3.58. The van der Waals surface area contributed by atoms with Gasteiger partial charge in [0.1, 0.15) is 0 Å². The van der Waals surface area contributed by atoms with Gasteiger partial charge < -0.3 is 4.90 Å². The smallest absolute Gasteiger partial charge is 0.225 e. The zero-order chi connectivity index (χ0) is 12.4. The molecule has 5 heteroatoms. The summed E-state index contributed by atoms with van der Waals surface area (Å²) >= 11 is 11.3. The number of hydrogen-bond donors (Lipinski definition) is 0. The molecule has 0 bridgehead atoms. The summed E-state index contributed by atoms with van der Waals surface area (Å²) < 4.78 is 0. The Morgan fingerprint density at radius 3 is 1.75 bits per heavy atom. The molecule has 0 unspecified atom stereocenters. The first kappa shape index (κ1) is 19.5. The van der Waals surface area contributed by atoms with Gasteiger partial charge >= 0.3 is 0 Å². The molecule has 93 valence electrons. The molecule has 0 aliphatic rings. The number of carbonyl (C=O) groups excluding carboxylic acids is 1. The summed E-state index contributed by atoms with van der Waals surface area (Å²) in [5, 5.41) is 0. The van der Waals surface area contributed by atoms with Gasteiger partial charge in [-0.15, -0.1) is 5.54 Å². The van der Waals surface area contributed by atoms with Gasteiger partial charge in [-0.05, 0) is 0 Å². The third-order valence-corrected chi connectivity index (χ3v) is 3.01. The normalized spacial score (nSPS) is 11.9. The summed E-state index contributed by atoms with van der Waals surface area (Å²) in [6, 6.07) is 0.887. The van der Waals surface area contributed by atoms with Crippen LogP contribution in [0, 0.1) is 12.0 Å². The molecule has 0 heterocycles. The van der Waals surface area contributed by atoms with E-state index in [-0.39, 0.29) is 44.2 Å². The van der Waals surface area contributed by atoms with Crippen molar-refractivity contribution < 1.29 is 37.5 Å². The summed E-state index contributed by atoms with van der Waals surface area (Å²) in [5.74, 6) is 0.857. The van der Waals surface area contributed by atoms with Crippen LogP contribution in [0.15, 0.2) is 0 Å². The molecule has 0 aromatic rings. The van der Waals surface area contributed by atoms with Crippen LogP contribution in [0.3, 0.4) is 0 Å². The van der Waals surface area contributed by atoms with Crippen LogP contribution < -0.4 is 0 Å². The number of hydrogen-bond acceptors (Lipinski definition) is 1. The van der Waals surface area contributed by atoms with Gasteiger partial charge in [-0.3, -0.25) is 10.7 Å². The van der Waals surface area contributed by atoms with Crippen molar-refractivity contribution in [1.29, 1.82) is 0 Å². The Morgan fingerprint density at radius 2 is 1.56 bits per heavy atom. The number of nitrogens with zero attached hydrogens (tertiary/aromatic N) is 1. The average molecular weight is 341 g/mol. The van der Waals surface area contributed by atoms with Gasteiger partial charge in [-0.25, -0.2) is 6.04 Å². The molecule has 16 heavy (non-hydrogen) atoms. The van der Waals surface area contributed by atoms with Crippen molar-refractivity contribution in [3.8, 4) is 0 Å². The van der Waals surface area contributed by atoms with Crippen molar-refractivity contribution in [2.45, 2.75) is 51.9 Å². The van der Waals surface area contributed by atoms with E-state index in [1.807, 2.05) is 41.5 Å². The molecule has 2 nitrogen and oxygen atoms in total. The maximum Gasteiger partial charge on any atom is 0.225 e. The van der Waals surface area contributed by atoms with E-state index in [9.17, 15) is 4.79 Å². The summed E-state index contributed by atoms with van der Waals surface area (Å²) in [6.07, 6.45) is 0. The molecule has 0 aromatic carbocycles. The first-order valence-corrected chi connectivity index (χ1v) is 5.72. The Balaban J connectivity index is 0. The van der Waals surface area contributed by atoms with Gasteiger partial charge in [0.15, 0.2) is 4.84 Å². The van der Waals surface area contributed by atoms with E-state index in [0.29, 0.717) is 0 Å². The fourth-order valence-corrected chi connectivity index (χ4v) is 1.57. The van der Waals surface area contributed by atoms with Crippen molar-refractivity contribution >= 4 is 29.1 Å². The van der Waals surface area contributed by atoms with Crippen molar-refractivity contribution in [2.75, 3.05) is 0 Å². The zero-order valence-electron chi connectivity index (χ0n) is 10.8. The van der Waals surface area contributed by atoms with Crippen LogP contribution in [-0.4, -0.2) is 21.2 Å². The van der Waals surface area contributed by atoms with E-state index in [1.165, 1.54) is 0 Å². The van der Waals surface area contributed by atoms with E-state index in [0.717, 1.165) is 12.0 Å². The fourth-order valence-electron chi connectivity index (χ4n) is 1.38. The number of alkyl halides is 2. The molecular formula is C11H19Cl2NOY-2. The summed E-state index contributed by atoms with van der Waals surface area (Å²) in [6.45, 7) is 11.7. The van der Waals surface area contributed by atoms with Crippen LogP contribution >= 0.6 is 23.2 Å². The quantitative estimate of drug-likeness (QED) is 0.565. The van der Waals surface area contributed by atoms with Crippen molar-refractivity contribution in [3.63, 3.8) is 0 Å². The molecule has 1 radical (unpaired) electrons. The van der Waals surface area contributed by atoms with E-state index >= 15 is 0 Å². The van der Waals surface area contributed by atoms with Crippen LogP contribution in [0.5, 0.6) is 0 Å². The first-order chi connectivity index (χ1) is 6.62. The van der Waals surface area contributed by atoms with E-state index in [4.69, 9.17) is 23.2 Å². The second-order valence-corrected chi connectivity index (χ2v) is 5.58. The number of rotatable bonds is 4. The Morgan fingerprint density at radius 1 is 1.19 bits per heavy atom. The van der Waals surface area contributed by atoms with Crippen LogP contribution in [0.25, 0.3) is 0 Å². The number of amides is 1. The van der Waals surface area contributed by atoms with Crippen molar-refractivity contribution in [1.82, 2.24) is 4.90 Å². The summed E-state index contributed by atoms with van der Waals surface area (Å²) in [4.78, 5) is 12.5. The molecule has 0 N–H and O–H groups in total. The van der Waals surface area contributed by atoms with Gasteiger partial charge in [0.05, 0.1) is 0 Å². The first-order valence-electron chi connectivity index (χ1n) is 4.85. The van der Waals surface area contributed by atoms with Gasteiger partial charge in [-0.2, -0.15) is 27.7 Å². The molecule has 1 amide bonds. The molecule has 0 saturated heterocycles. The third-order valence-electron chi connectivity index (χ3n) is 2.64. The SMILES string of the molecule is C[C-](C)N(C(=O)C(Cl)Cl)C(C)(C)[C-](C)C.[Y]. The predicted molar refractivity (Wildman–Crippen MR) is 65.6 cm³/mol. The van der Waals surface area contributed by atoms with Gasteiger partial charge in [-0.1, -0.05) is 37.0 Å². The monoisotopic (exact) mass is 340 g/mol. The molecule has 0 aliphatic carbocycles. The Bertz CT molecular complexity index is 230. The molecule has 0 fully saturated rings. The Labute approximate surface area is 134 Å². The van der Waals surface area contributed by atoms with E-state index in [2.05, 4.69) is 0 Å². The maximum absolute atomic E-state index is 11.9. The third kappa shape index (κ3) is 4.80. The summed E-state index contributed by atoms with van der Waals surface area (Å²) in [5.41, 5.74) is -0.363. The van der Waals surface area contributed by atoms with Gasteiger partial charge in [0.25, 0.3) is 0 Å². The molecule has 0 saturated carbocycles. The van der Waals surface area contributed by atoms with Crippen molar-refractivity contribution in [3.05, 3.63) is 12.0 Å². The zero-order valence-corrected chi connectivity index (χ0v) is 15.1. The van der Waals surface area contributed by atoms with Crippen LogP contribution in [0.2, 0.25) is 0 Å². The standard InChI is InChI=1S/C11H19Cl2NO.Y/c1-7(2)11(5,6)14(8(3)4)10(15)9(12)13;/h9H,1-6H3;/q-2;. The average Bonchev–Trinajstić information content (AvgIpc) is 2.02. The minimum Gasteiger partial charge on any atom is -0.508 e. The summed E-state index contributed by atoms with van der Waals surface area (Å²) in [7, 11) is 0. The van der Waals surface area contributed by atoms with Crippen LogP contribution in [0.4, 0.5) is 0 Å². The molecule has 0 aliphatic heterocycles. The van der Waals surface area contributed by atoms with Crippen LogP contribution in [-0.2, 0) is 37.5 Å².